The van der Waals surface area contributed by atoms with Crippen LogP contribution in [0.15, 0.2) is 0 Å². The van der Waals surface area contributed by atoms with Crippen molar-refractivity contribution in [2.45, 2.75) is 13.0 Å². The summed E-state index contributed by atoms with van der Waals surface area (Å²) in [6, 6.07) is 0. The number of hydrogen-bond acceptors (Lipinski definition) is 6. The molecule has 8 heteroatoms. The molecule has 18 heavy (non-hydrogen) atoms. The Morgan fingerprint density at radius 1 is 1.33 bits per heavy atom. The molecule has 0 radical (unpaired) electrons. The van der Waals surface area contributed by atoms with Crippen LogP contribution >= 0.6 is 23.2 Å². The lowest BCUT2D eigenvalue weighted by molar-refractivity contribution is -0.0192. The zero-order valence-corrected chi connectivity index (χ0v) is 11.6. The standard InChI is InChI=1S/C10H15Cl2N5O/c1-2-17-3-4-18-7(6-17)5-13-10-15-8(11)14-9(12)16-10/h7H,2-6H2,1H3,(H,13,14,15,16). The minimum absolute atomic E-state index is 0.0808. The summed E-state index contributed by atoms with van der Waals surface area (Å²) in [5.41, 5.74) is 0. The van der Waals surface area contributed by atoms with Crippen LogP contribution in [-0.4, -0.2) is 58.7 Å². The van der Waals surface area contributed by atoms with Crippen LogP contribution < -0.4 is 5.32 Å². The number of morpholine rings is 1. The quantitative estimate of drug-likeness (QED) is 0.903. The third-order valence-electron chi connectivity index (χ3n) is 2.74. The van der Waals surface area contributed by atoms with Gasteiger partial charge in [0.1, 0.15) is 0 Å². The maximum Gasteiger partial charge on any atom is 0.228 e. The van der Waals surface area contributed by atoms with Crippen molar-refractivity contribution < 1.29 is 4.74 Å². The van der Waals surface area contributed by atoms with Gasteiger partial charge in [-0.15, -0.1) is 0 Å². The molecule has 1 unspecified atom stereocenters. The summed E-state index contributed by atoms with van der Waals surface area (Å²) >= 11 is 11.4. The van der Waals surface area contributed by atoms with Gasteiger partial charge >= 0.3 is 0 Å². The first-order valence-corrected chi connectivity index (χ1v) is 6.58. The molecule has 0 saturated carbocycles. The highest BCUT2D eigenvalue weighted by molar-refractivity contribution is 6.31. The highest BCUT2D eigenvalue weighted by Gasteiger charge is 2.19. The van der Waals surface area contributed by atoms with Crippen LogP contribution in [0.3, 0.4) is 0 Å². The van der Waals surface area contributed by atoms with E-state index in [4.69, 9.17) is 27.9 Å². The lowest BCUT2D eigenvalue weighted by Crippen LogP contribution is -2.45. The molecule has 1 fully saturated rings. The van der Waals surface area contributed by atoms with Crippen LogP contribution in [0.4, 0.5) is 5.95 Å². The Labute approximate surface area is 116 Å². The Kier molecular flexibility index (Phi) is 4.94. The number of anilines is 1. The number of halogens is 2. The van der Waals surface area contributed by atoms with Gasteiger partial charge < -0.3 is 10.1 Å². The summed E-state index contributed by atoms with van der Waals surface area (Å²) in [6.07, 6.45) is 0.119. The van der Waals surface area contributed by atoms with Crippen molar-refractivity contribution in [2.75, 3.05) is 38.1 Å². The average molecular weight is 292 g/mol. The predicted molar refractivity (Wildman–Crippen MR) is 70.2 cm³/mol. The number of aromatic nitrogens is 3. The molecular weight excluding hydrogens is 277 g/mol. The fraction of sp³-hybridized carbons (Fsp3) is 0.700. The highest BCUT2D eigenvalue weighted by atomic mass is 35.5. The Hall–Kier alpha value is -0.690. The van der Waals surface area contributed by atoms with Crippen LogP contribution in [-0.2, 0) is 4.74 Å². The first-order chi connectivity index (χ1) is 8.67. The van der Waals surface area contributed by atoms with Gasteiger partial charge in [0.2, 0.25) is 16.5 Å². The molecule has 0 amide bonds. The first-order valence-electron chi connectivity index (χ1n) is 5.82. The van der Waals surface area contributed by atoms with Crippen LogP contribution in [0.5, 0.6) is 0 Å². The van der Waals surface area contributed by atoms with Crippen molar-refractivity contribution >= 4 is 29.2 Å². The minimum Gasteiger partial charge on any atom is -0.374 e. The summed E-state index contributed by atoms with van der Waals surface area (Å²) in [6.45, 7) is 6.42. The molecule has 1 atom stereocenters. The zero-order chi connectivity index (χ0) is 13.0. The van der Waals surface area contributed by atoms with Crippen molar-refractivity contribution in [1.82, 2.24) is 19.9 Å². The van der Waals surface area contributed by atoms with E-state index in [1.807, 2.05) is 0 Å². The van der Waals surface area contributed by atoms with Gasteiger partial charge in [-0.3, -0.25) is 4.90 Å². The Balaban J connectivity index is 1.87. The van der Waals surface area contributed by atoms with Crippen molar-refractivity contribution in [3.8, 4) is 0 Å². The molecule has 100 valence electrons. The van der Waals surface area contributed by atoms with Gasteiger partial charge in [0.15, 0.2) is 0 Å². The third-order valence-corrected chi connectivity index (χ3v) is 3.08. The van der Waals surface area contributed by atoms with Gasteiger partial charge in [-0.2, -0.15) is 15.0 Å². The van der Waals surface area contributed by atoms with Crippen LogP contribution in [0.25, 0.3) is 0 Å². The summed E-state index contributed by atoms with van der Waals surface area (Å²) in [4.78, 5) is 13.9. The predicted octanol–water partition coefficient (Wildman–Crippen LogP) is 1.31. The fourth-order valence-electron chi connectivity index (χ4n) is 1.80. The van der Waals surface area contributed by atoms with E-state index in [-0.39, 0.29) is 16.7 Å². The van der Waals surface area contributed by atoms with E-state index in [2.05, 4.69) is 32.1 Å². The van der Waals surface area contributed by atoms with Gasteiger partial charge in [-0.1, -0.05) is 6.92 Å². The lowest BCUT2D eigenvalue weighted by atomic mass is 10.2. The molecule has 2 heterocycles. The second-order valence-electron chi connectivity index (χ2n) is 3.96. The fourth-order valence-corrected chi connectivity index (χ4v) is 2.16. The number of nitrogens with zero attached hydrogens (tertiary/aromatic N) is 4. The van der Waals surface area contributed by atoms with E-state index < -0.39 is 0 Å². The largest absolute Gasteiger partial charge is 0.374 e. The molecule has 6 nitrogen and oxygen atoms in total. The molecule has 0 aliphatic carbocycles. The normalized spacial score (nSPS) is 20.9. The molecular formula is C10H15Cl2N5O. The Morgan fingerprint density at radius 3 is 2.72 bits per heavy atom. The number of hydrogen-bond donors (Lipinski definition) is 1. The smallest absolute Gasteiger partial charge is 0.228 e. The molecule has 1 aliphatic heterocycles. The highest BCUT2D eigenvalue weighted by Crippen LogP contribution is 2.10. The lowest BCUT2D eigenvalue weighted by Gasteiger charge is -2.32. The number of ether oxygens (including phenoxy) is 1. The number of likely N-dealkylation sites (N-methyl/N-ethyl adjacent to an activating group) is 1. The van der Waals surface area contributed by atoms with Crippen LogP contribution in [0, 0.1) is 0 Å². The third kappa shape index (κ3) is 3.91. The topological polar surface area (TPSA) is 63.2 Å². The van der Waals surface area contributed by atoms with E-state index in [1.165, 1.54) is 0 Å². The SMILES string of the molecule is CCN1CCOC(CNc2nc(Cl)nc(Cl)n2)C1. The van der Waals surface area contributed by atoms with Crippen molar-refractivity contribution in [3.05, 3.63) is 10.6 Å². The van der Waals surface area contributed by atoms with Gasteiger partial charge in [0.05, 0.1) is 12.7 Å². The summed E-state index contributed by atoms with van der Waals surface area (Å²) in [7, 11) is 0. The van der Waals surface area contributed by atoms with E-state index >= 15 is 0 Å². The molecule has 0 bridgehead atoms. The minimum atomic E-state index is 0.0808. The number of nitrogens with one attached hydrogen (secondary N) is 1. The molecule has 1 aliphatic rings. The number of rotatable bonds is 4. The molecule has 0 aromatic carbocycles. The molecule has 2 rings (SSSR count). The second kappa shape index (κ2) is 6.47. The van der Waals surface area contributed by atoms with Crippen molar-refractivity contribution in [2.24, 2.45) is 0 Å². The van der Waals surface area contributed by atoms with Gasteiger partial charge in [0, 0.05) is 19.6 Å². The van der Waals surface area contributed by atoms with Gasteiger partial charge in [-0.05, 0) is 29.7 Å². The molecule has 1 aromatic heterocycles. The van der Waals surface area contributed by atoms with E-state index in [1.54, 1.807) is 0 Å². The first kappa shape index (κ1) is 13.7. The molecule has 1 aromatic rings. The summed E-state index contributed by atoms with van der Waals surface area (Å²) in [5.74, 6) is 0.372. The van der Waals surface area contributed by atoms with Gasteiger partial charge in [-0.25, -0.2) is 0 Å². The summed E-state index contributed by atoms with van der Waals surface area (Å²) in [5, 5.41) is 3.22. The molecule has 1 saturated heterocycles. The zero-order valence-electron chi connectivity index (χ0n) is 10.1. The molecule has 1 N–H and O–H groups in total. The average Bonchev–Trinajstić information content (AvgIpc) is 2.35. The van der Waals surface area contributed by atoms with E-state index in [9.17, 15) is 0 Å². The van der Waals surface area contributed by atoms with E-state index in [0.717, 1.165) is 26.2 Å². The monoisotopic (exact) mass is 291 g/mol. The van der Waals surface area contributed by atoms with Crippen molar-refractivity contribution in [3.63, 3.8) is 0 Å². The second-order valence-corrected chi connectivity index (χ2v) is 4.64. The summed E-state index contributed by atoms with van der Waals surface area (Å²) < 4.78 is 5.65. The maximum absolute atomic E-state index is 5.69. The Bertz CT molecular complexity index is 386. The van der Waals surface area contributed by atoms with Crippen molar-refractivity contribution in [1.29, 1.82) is 0 Å². The van der Waals surface area contributed by atoms with Crippen LogP contribution in [0.1, 0.15) is 6.92 Å². The molecule has 0 spiro atoms. The maximum atomic E-state index is 5.69. The van der Waals surface area contributed by atoms with E-state index in [0.29, 0.717) is 12.5 Å². The van der Waals surface area contributed by atoms with Crippen LogP contribution in [0.2, 0.25) is 10.6 Å². The van der Waals surface area contributed by atoms with Gasteiger partial charge in [0.25, 0.3) is 0 Å². The Morgan fingerprint density at radius 2 is 2.06 bits per heavy atom.